The maximum Gasteiger partial charge on any atom is 0.124 e. The highest BCUT2D eigenvalue weighted by molar-refractivity contribution is 6.30. The molecule has 0 bridgehead atoms. The molecular formula is C25H23ClN2O2. The number of allylic oxidation sites excluding steroid dienone is 1. The molecule has 30 heavy (non-hydrogen) atoms. The van der Waals surface area contributed by atoms with Gasteiger partial charge in [-0.3, -0.25) is 5.01 Å². The predicted molar refractivity (Wildman–Crippen MR) is 124 cm³/mol. The molecule has 0 saturated heterocycles. The summed E-state index contributed by atoms with van der Waals surface area (Å²) < 4.78 is 10.8. The van der Waals surface area contributed by atoms with E-state index in [4.69, 9.17) is 26.2 Å². The van der Waals surface area contributed by atoms with E-state index in [1.807, 2.05) is 71.7 Å². The zero-order valence-corrected chi connectivity index (χ0v) is 17.7. The van der Waals surface area contributed by atoms with E-state index in [1.165, 1.54) is 0 Å². The highest BCUT2D eigenvalue weighted by Gasteiger charge is 2.30. The van der Waals surface area contributed by atoms with Gasteiger partial charge >= 0.3 is 0 Å². The lowest BCUT2D eigenvalue weighted by Gasteiger charge is -2.25. The number of anilines is 1. The van der Waals surface area contributed by atoms with Crippen LogP contribution in [0.3, 0.4) is 0 Å². The Balaban J connectivity index is 1.65. The second-order valence-corrected chi connectivity index (χ2v) is 7.42. The number of hydrogen-bond acceptors (Lipinski definition) is 4. The molecule has 1 atom stereocenters. The van der Waals surface area contributed by atoms with Crippen molar-refractivity contribution >= 4 is 29.1 Å². The van der Waals surface area contributed by atoms with Crippen LogP contribution in [0.25, 0.3) is 6.08 Å². The Morgan fingerprint density at radius 1 is 0.900 bits per heavy atom. The van der Waals surface area contributed by atoms with E-state index in [-0.39, 0.29) is 6.04 Å². The molecule has 4 nitrogen and oxygen atoms in total. The van der Waals surface area contributed by atoms with Crippen LogP contribution in [0.15, 0.2) is 84.0 Å². The molecule has 0 aromatic heterocycles. The van der Waals surface area contributed by atoms with Crippen LogP contribution >= 0.6 is 11.6 Å². The highest BCUT2D eigenvalue weighted by Crippen LogP contribution is 2.39. The van der Waals surface area contributed by atoms with Crippen molar-refractivity contribution in [1.29, 1.82) is 0 Å². The molecule has 0 N–H and O–H groups in total. The Morgan fingerprint density at radius 2 is 1.63 bits per heavy atom. The van der Waals surface area contributed by atoms with Gasteiger partial charge in [-0.2, -0.15) is 5.10 Å². The normalized spacial score (nSPS) is 16.0. The fourth-order valence-corrected chi connectivity index (χ4v) is 3.68. The standard InChI is InChI=1S/C25H23ClN2O2/c1-29-22-15-8-18(9-16-22)7-12-20-17-24(23-5-3-4-6-25(23)30-2)28(27-20)21-13-10-19(26)11-14-21/h3-16,24H,17H2,1-2H3/b12-7-/t24-/m1/s1. The summed E-state index contributed by atoms with van der Waals surface area (Å²) in [6.07, 6.45) is 4.92. The summed E-state index contributed by atoms with van der Waals surface area (Å²) in [5.74, 6) is 1.70. The van der Waals surface area contributed by atoms with Crippen molar-refractivity contribution in [3.63, 3.8) is 0 Å². The van der Waals surface area contributed by atoms with Crippen LogP contribution in [0.1, 0.15) is 23.6 Å². The van der Waals surface area contributed by atoms with Crippen LogP contribution in [0.4, 0.5) is 5.69 Å². The number of methoxy groups -OCH3 is 2. The maximum absolute atomic E-state index is 6.09. The Labute approximate surface area is 182 Å². The Morgan fingerprint density at radius 3 is 2.33 bits per heavy atom. The lowest BCUT2D eigenvalue weighted by Crippen LogP contribution is -2.19. The summed E-state index contributed by atoms with van der Waals surface area (Å²) in [6, 6.07) is 23.8. The summed E-state index contributed by atoms with van der Waals surface area (Å²) in [4.78, 5) is 0. The van der Waals surface area contributed by atoms with E-state index < -0.39 is 0 Å². The number of hydrogen-bond donors (Lipinski definition) is 0. The van der Waals surface area contributed by atoms with Gasteiger partial charge in [0.1, 0.15) is 11.5 Å². The van der Waals surface area contributed by atoms with E-state index in [1.54, 1.807) is 14.2 Å². The number of halogens is 1. The van der Waals surface area contributed by atoms with Crippen LogP contribution < -0.4 is 14.5 Å². The average molecular weight is 419 g/mol. The second kappa shape index (κ2) is 9.06. The van der Waals surface area contributed by atoms with Crippen LogP contribution in [0.5, 0.6) is 11.5 Å². The molecule has 3 aromatic carbocycles. The van der Waals surface area contributed by atoms with Gasteiger partial charge in [-0.1, -0.05) is 48.0 Å². The minimum Gasteiger partial charge on any atom is -0.497 e. The summed E-state index contributed by atoms with van der Waals surface area (Å²) in [5, 5.41) is 7.66. The van der Waals surface area contributed by atoms with E-state index in [0.717, 1.165) is 40.4 Å². The van der Waals surface area contributed by atoms with Gasteiger partial charge in [0, 0.05) is 17.0 Å². The van der Waals surface area contributed by atoms with Crippen molar-refractivity contribution in [3.8, 4) is 11.5 Å². The lowest BCUT2D eigenvalue weighted by molar-refractivity contribution is 0.405. The molecule has 3 aromatic rings. The number of rotatable bonds is 6. The minimum absolute atomic E-state index is 0.0397. The third-order valence-electron chi connectivity index (χ3n) is 5.11. The fourth-order valence-electron chi connectivity index (χ4n) is 3.56. The fraction of sp³-hybridized carbons (Fsp3) is 0.160. The van der Waals surface area contributed by atoms with Crippen molar-refractivity contribution in [1.82, 2.24) is 0 Å². The molecule has 4 rings (SSSR count). The van der Waals surface area contributed by atoms with Crippen LogP contribution in [0, 0.1) is 0 Å². The van der Waals surface area contributed by atoms with E-state index in [2.05, 4.69) is 18.2 Å². The van der Waals surface area contributed by atoms with Crippen molar-refractivity contribution in [2.75, 3.05) is 19.2 Å². The predicted octanol–water partition coefficient (Wildman–Crippen LogP) is 6.38. The number of ether oxygens (including phenoxy) is 2. The second-order valence-electron chi connectivity index (χ2n) is 6.98. The molecule has 0 spiro atoms. The molecule has 0 amide bonds. The SMILES string of the molecule is COc1ccc(/C=C\C2=NN(c3ccc(Cl)cc3)[C@@H](c3ccccc3OC)C2)cc1. The molecule has 0 aliphatic carbocycles. The Bertz CT molecular complexity index is 1060. The van der Waals surface area contributed by atoms with Crippen molar-refractivity contribution in [2.45, 2.75) is 12.5 Å². The molecule has 0 unspecified atom stereocenters. The smallest absolute Gasteiger partial charge is 0.124 e. The largest absolute Gasteiger partial charge is 0.497 e. The molecular weight excluding hydrogens is 396 g/mol. The van der Waals surface area contributed by atoms with Gasteiger partial charge in [0.2, 0.25) is 0 Å². The van der Waals surface area contributed by atoms with E-state index >= 15 is 0 Å². The number of nitrogens with zero attached hydrogens (tertiary/aromatic N) is 2. The molecule has 0 radical (unpaired) electrons. The molecule has 5 heteroatoms. The van der Waals surface area contributed by atoms with Crippen LogP contribution in [0.2, 0.25) is 5.02 Å². The zero-order valence-electron chi connectivity index (χ0n) is 17.0. The zero-order chi connectivity index (χ0) is 20.9. The first-order chi connectivity index (χ1) is 14.7. The average Bonchev–Trinajstić information content (AvgIpc) is 3.22. The Kier molecular flexibility index (Phi) is 6.05. The summed E-state index contributed by atoms with van der Waals surface area (Å²) in [5.41, 5.74) is 4.18. The monoisotopic (exact) mass is 418 g/mol. The molecule has 1 aliphatic heterocycles. The summed E-state index contributed by atoms with van der Waals surface area (Å²) >= 11 is 6.09. The van der Waals surface area contributed by atoms with Crippen molar-refractivity contribution in [2.24, 2.45) is 5.10 Å². The third-order valence-corrected chi connectivity index (χ3v) is 5.36. The van der Waals surface area contributed by atoms with Gasteiger partial charge < -0.3 is 9.47 Å². The molecule has 1 aliphatic rings. The van der Waals surface area contributed by atoms with Crippen molar-refractivity contribution in [3.05, 3.63) is 95.0 Å². The van der Waals surface area contributed by atoms with Gasteiger partial charge in [0.05, 0.1) is 31.7 Å². The summed E-state index contributed by atoms with van der Waals surface area (Å²) in [6.45, 7) is 0. The van der Waals surface area contributed by atoms with Gasteiger partial charge in [-0.25, -0.2) is 0 Å². The van der Waals surface area contributed by atoms with E-state index in [9.17, 15) is 0 Å². The minimum atomic E-state index is 0.0397. The van der Waals surface area contributed by atoms with Crippen molar-refractivity contribution < 1.29 is 9.47 Å². The van der Waals surface area contributed by atoms with Gasteiger partial charge in [0.25, 0.3) is 0 Å². The first-order valence-corrected chi connectivity index (χ1v) is 10.1. The van der Waals surface area contributed by atoms with Gasteiger partial charge in [-0.15, -0.1) is 0 Å². The molecule has 0 fully saturated rings. The number of hydrazone groups is 1. The first kappa shape index (κ1) is 20.0. The lowest BCUT2D eigenvalue weighted by atomic mass is 10.00. The third kappa shape index (κ3) is 4.34. The van der Waals surface area contributed by atoms with E-state index in [0.29, 0.717) is 5.02 Å². The van der Waals surface area contributed by atoms with Gasteiger partial charge in [0.15, 0.2) is 0 Å². The highest BCUT2D eigenvalue weighted by atomic mass is 35.5. The maximum atomic E-state index is 6.09. The Hall–Kier alpha value is -3.24. The summed E-state index contributed by atoms with van der Waals surface area (Å²) in [7, 11) is 3.37. The van der Waals surface area contributed by atoms with Crippen LogP contribution in [-0.2, 0) is 0 Å². The first-order valence-electron chi connectivity index (χ1n) is 9.75. The number of para-hydroxylation sites is 1. The molecule has 152 valence electrons. The van der Waals surface area contributed by atoms with Gasteiger partial charge in [-0.05, 0) is 54.1 Å². The van der Waals surface area contributed by atoms with Crippen LogP contribution in [-0.4, -0.2) is 19.9 Å². The molecule has 1 heterocycles. The molecule has 0 saturated carbocycles. The topological polar surface area (TPSA) is 34.1 Å². The quantitative estimate of drug-likeness (QED) is 0.466. The number of benzene rings is 3.